The normalized spacial score (nSPS) is 26.5. The number of nitrogens with one attached hydrogen (secondary N) is 1. The number of hydrogen-bond donors (Lipinski definition) is 2. The quantitative estimate of drug-likeness (QED) is 0.344. The van der Waals surface area contributed by atoms with Crippen LogP contribution in [0.3, 0.4) is 0 Å². The molecular weight excluding hydrogens is 538 g/mol. The zero-order valence-electron chi connectivity index (χ0n) is 24.1. The number of allylic oxidation sites excluding steroid dienone is 1. The molecule has 3 aliphatic heterocycles. The van der Waals surface area contributed by atoms with Gasteiger partial charge in [0.2, 0.25) is 11.8 Å². The summed E-state index contributed by atoms with van der Waals surface area (Å²) in [5.74, 6) is -0.935. The number of β-lactam (4-membered cyclic amide) rings is 1. The molecule has 2 aromatic rings. The van der Waals surface area contributed by atoms with E-state index in [2.05, 4.69) is 43.1 Å². The third-order valence-corrected chi connectivity index (χ3v) is 10.4. The molecule has 2 aromatic carbocycles. The maximum absolute atomic E-state index is 13.6. The van der Waals surface area contributed by atoms with Crippen LogP contribution in [-0.4, -0.2) is 69.3 Å². The Morgan fingerprint density at radius 2 is 1.85 bits per heavy atom. The van der Waals surface area contributed by atoms with Gasteiger partial charge in [-0.05, 0) is 68.5 Å². The minimum absolute atomic E-state index is 0.0194. The van der Waals surface area contributed by atoms with Crippen molar-refractivity contribution >= 4 is 41.8 Å². The molecule has 216 valence electrons. The van der Waals surface area contributed by atoms with E-state index >= 15 is 0 Å². The third-order valence-electron chi connectivity index (χ3n) is 8.88. The maximum atomic E-state index is 13.6. The van der Waals surface area contributed by atoms with Crippen molar-refractivity contribution in [1.29, 1.82) is 0 Å². The number of anilines is 1. The van der Waals surface area contributed by atoms with Crippen molar-refractivity contribution in [2.45, 2.75) is 71.0 Å². The van der Waals surface area contributed by atoms with Gasteiger partial charge in [-0.25, -0.2) is 0 Å². The molecule has 9 heteroatoms. The molecule has 2 amide bonds. The molecule has 0 radical (unpaired) electrons. The molecule has 3 aliphatic rings. The molecule has 2 N–H and O–H groups in total. The number of nitrogens with zero attached hydrogens (tertiary/aromatic N) is 2. The van der Waals surface area contributed by atoms with Crippen LogP contribution in [0.25, 0.3) is 0 Å². The molecule has 0 saturated carbocycles. The highest BCUT2D eigenvalue weighted by Gasteiger charge is 2.58. The topological polar surface area (TPSA) is 107 Å². The van der Waals surface area contributed by atoms with Crippen molar-refractivity contribution < 1.29 is 24.3 Å². The second-order valence-corrected chi connectivity index (χ2v) is 13.0. The minimum atomic E-state index is -0.780. The summed E-state index contributed by atoms with van der Waals surface area (Å²) in [5, 5.41) is 13.2. The van der Waals surface area contributed by atoms with Crippen LogP contribution in [0.2, 0.25) is 0 Å². The Morgan fingerprint density at radius 3 is 2.49 bits per heavy atom. The molecule has 5 rings (SSSR count). The van der Waals surface area contributed by atoms with Crippen LogP contribution < -0.4 is 5.32 Å². The van der Waals surface area contributed by atoms with Gasteiger partial charge in [0.15, 0.2) is 6.29 Å². The zero-order valence-corrected chi connectivity index (χ0v) is 24.9. The largest absolute Gasteiger partial charge is 0.393 e. The molecule has 0 bridgehead atoms. The average Bonchev–Trinajstić information content (AvgIpc) is 3.43. The van der Waals surface area contributed by atoms with Gasteiger partial charge in [0.1, 0.15) is 6.29 Å². The van der Waals surface area contributed by atoms with E-state index < -0.39 is 18.1 Å². The molecule has 0 aliphatic carbocycles. The number of rotatable bonds is 9. The number of carbonyl (C=O) groups is 4. The van der Waals surface area contributed by atoms with E-state index in [-0.39, 0.29) is 29.0 Å². The summed E-state index contributed by atoms with van der Waals surface area (Å²) in [5.41, 5.74) is 6.26. The van der Waals surface area contributed by atoms with E-state index in [9.17, 15) is 24.3 Å². The first kappa shape index (κ1) is 29.2. The molecule has 2 saturated heterocycles. The van der Waals surface area contributed by atoms with Crippen molar-refractivity contribution in [2.24, 2.45) is 11.8 Å². The van der Waals surface area contributed by atoms with Gasteiger partial charge in [-0.3, -0.25) is 24.1 Å². The Labute approximate surface area is 245 Å². The maximum Gasteiger partial charge on any atom is 0.241 e. The number of fused-ring (bicyclic) bond motifs is 1. The lowest BCUT2D eigenvalue weighted by Gasteiger charge is -2.46. The molecule has 3 heterocycles. The lowest BCUT2D eigenvalue weighted by molar-refractivity contribution is -0.160. The highest BCUT2D eigenvalue weighted by atomic mass is 32.2. The Balaban J connectivity index is 1.40. The molecule has 0 aromatic heterocycles. The predicted molar refractivity (Wildman–Crippen MR) is 159 cm³/mol. The van der Waals surface area contributed by atoms with Gasteiger partial charge >= 0.3 is 0 Å². The number of aliphatic hydroxyl groups excluding tert-OH is 1. The van der Waals surface area contributed by atoms with Crippen LogP contribution in [0.4, 0.5) is 5.69 Å². The van der Waals surface area contributed by atoms with Gasteiger partial charge in [-0.15, -0.1) is 11.8 Å². The van der Waals surface area contributed by atoms with E-state index in [1.165, 1.54) is 16.7 Å². The number of carbonyl (C=O) groups excluding carboxylic acids is 4. The molecule has 0 spiro atoms. The van der Waals surface area contributed by atoms with Gasteiger partial charge < -0.3 is 15.3 Å². The predicted octanol–water partition coefficient (Wildman–Crippen LogP) is 4.01. The number of likely N-dealkylation sites (tertiary alicyclic amines) is 1. The fourth-order valence-electron chi connectivity index (χ4n) is 6.57. The summed E-state index contributed by atoms with van der Waals surface area (Å²) in [6.45, 7) is 11.2. The summed E-state index contributed by atoms with van der Waals surface area (Å²) in [6, 6.07) is 10.6. The summed E-state index contributed by atoms with van der Waals surface area (Å²) < 4.78 is 0. The smallest absolute Gasteiger partial charge is 0.241 e. The van der Waals surface area contributed by atoms with Gasteiger partial charge in [0.25, 0.3) is 0 Å². The number of aldehydes is 2. The lowest BCUT2D eigenvalue weighted by atomic mass is 9.79. The van der Waals surface area contributed by atoms with E-state index in [0.717, 1.165) is 23.0 Å². The number of aryl methyl sites for hydroxylation is 2. The van der Waals surface area contributed by atoms with Crippen molar-refractivity contribution in [3.63, 3.8) is 0 Å². The number of amides is 2. The molecule has 6 atom stereocenters. The first-order valence-corrected chi connectivity index (χ1v) is 15.0. The van der Waals surface area contributed by atoms with Crippen LogP contribution in [0.5, 0.6) is 0 Å². The van der Waals surface area contributed by atoms with Gasteiger partial charge in [0.05, 0.1) is 29.8 Å². The van der Waals surface area contributed by atoms with Gasteiger partial charge in [0, 0.05) is 40.4 Å². The monoisotopic (exact) mass is 575 g/mol. The molecular formula is C32H37N3O5S. The minimum Gasteiger partial charge on any atom is -0.393 e. The Hall–Kier alpha value is -3.27. The van der Waals surface area contributed by atoms with Crippen molar-refractivity contribution in [3.8, 4) is 0 Å². The van der Waals surface area contributed by atoms with Gasteiger partial charge in [-0.2, -0.15) is 0 Å². The SMILES string of the molecule is Cc1cc(CN2C[C@@H](SC3=C(C=O)N4C(=O)[C@H]([C@@H](C)O)[C@H]4[C@H]3C)C[C@H]2C(=O)Nc2cccc(C=O)c2)cc(C)c1C. The number of aliphatic hydroxyl groups is 1. The van der Waals surface area contributed by atoms with Crippen LogP contribution in [-0.2, 0) is 20.9 Å². The zero-order chi connectivity index (χ0) is 29.6. The Bertz CT molecular complexity index is 1410. The van der Waals surface area contributed by atoms with Crippen LogP contribution in [0.1, 0.15) is 52.9 Å². The first-order chi connectivity index (χ1) is 19.5. The highest BCUT2D eigenvalue weighted by molar-refractivity contribution is 8.03. The summed E-state index contributed by atoms with van der Waals surface area (Å²) >= 11 is 1.58. The molecule has 0 unspecified atom stereocenters. The van der Waals surface area contributed by atoms with Crippen LogP contribution in [0, 0.1) is 32.6 Å². The lowest BCUT2D eigenvalue weighted by Crippen LogP contribution is -2.63. The van der Waals surface area contributed by atoms with E-state index in [1.807, 2.05) is 6.92 Å². The molecule has 8 nitrogen and oxygen atoms in total. The second-order valence-electron chi connectivity index (χ2n) is 11.6. The number of hydrogen-bond acceptors (Lipinski definition) is 7. The standard InChI is InChI=1S/C32H37N3O5S/c1-17-9-23(10-18(2)19(17)3)13-34-14-25(12-26(34)31(39)33-24-8-6-7-22(11-24)15-36)41-30-20(4)29-28(21(5)38)32(40)35(29)27(30)16-37/h6-11,15-16,20-21,25-26,28-29,38H,12-14H2,1-5H3,(H,33,39)/t20-,21-,25+,26+,28-,29-/m1/s1. The average molecular weight is 576 g/mol. The number of benzene rings is 2. The summed E-state index contributed by atoms with van der Waals surface area (Å²) in [6.07, 6.45) is 1.29. The van der Waals surface area contributed by atoms with E-state index in [4.69, 9.17) is 0 Å². The fraction of sp³-hybridized carbons (Fsp3) is 0.438. The highest BCUT2D eigenvalue weighted by Crippen LogP contribution is 2.51. The molecule has 41 heavy (non-hydrogen) atoms. The third kappa shape index (κ3) is 5.38. The Morgan fingerprint density at radius 1 is 1.15 bits per heavy atom. The summed E-state index contributed by atoms with van der Waals surface area (Å²) in [7, 11) is 0. The molecule has 2 fully saturated rings. The number of thioether (sulfide) groups is 1. The Kier molecular flexibility index (Phi) is 8.23. The van der Waals surface area contributed by atoms with Crippen LogP contribution >= 0.6 is 11.8 Å². The fourth-order valence-corrected chi connectivity index (χ4v) is 8.09. The van der Waals surface area contributed by atoms with Crippen molar-refractivity contribution in [3.05, 3.63) is 74.8 Å². The second kappa shape index (κ2) is 11.5. The summed E-state index contributed by atoms with van der Waals surface area (Å²) in [4.78, 5) is 54.4. The van der Waals surface area contributed by atoms with Gasteiger partial charge in [-0.1, -0.05) is 31.2 Å². The van der Waals surface area contributed by atoms with Crippen molar-refractivity contribution in [1.82, 2.24) is 9.80 Å². The van der Waals surface area contributed by atoms with Crippen molar-refractivity contribution in [2.75, 3.05) is 11.9 Å². The first-order valence-electron chi connectivity index (χ1n) is 14.1. The van der Waals surface area contributed by atoms with E-state index in [1.54, 1.807) is 47.9 Å². The van der Waals surface area contributed by atoms with Crippen LogP contribution in [0.15, 0.2) is 47.0 Å². The van der Waals surface area contributed by atoms with E-state index in [0.29, 0.717) is 36.5 Å².